The second kappa shape index (κ2) is 7.87. The molecule has 3 amide bonds. The lowest BCUT2D eigenvalue weighted by molar-refractivity contribution is -0.137. The molecule has 2 aromatic carbocycles. The van der Waals surface area contributed by atoms with Gasteiger partial charge in [-0.15, -0.1) is 0 Å². The summed E-state index contributed by atoms with van der Waals surface area (Å²) in [5.74, 6) is -0.592. The van der Waals surface area contributed by atoms with Crippen molar-refractivity contribution in [1.82, 2.24) is 9.97 Å². The van der Waals surface area contributed by atoms with E-state index in [0.717, 1.165) is 28.1 Å². The molecule has 4 aromatic rings. The van der Waals surface area contributed by atoms with Crippen molar-refractivity contribution in [2.45, 2.75) is 6.18 Å². The van der Waals surface area contributed by atoms with Crippen LogP contribution in [0, 0.1) is 5.82 Å². The number of carbonyl (C=O) groups excluding carboxylic acids is 2. The van der Waals surface area contributed by atoms with Crippen molar-refractivity contribution in [3.8, 4) is 11.5 Å². The summed E-state index contributed by atoms with van der Waals surface area (Å²) in [6.45, 7) is -0.403. The Morgan fingerprint density at radius 1 is 1.00 bits per heavy atom. The summed E-state index contributed by atoms with van der Waals surface area (Å²) in [5.41, 5.74) is -0.431. The SMILES string of the molecule is O=C1CN(c2cccc(C(F)(F)F)c2)C(=O)N1c1ccc(Oc2ccnc3[nH]cc(F)c23)cc1. The van der Waals surface area contributed by atoms with E-state index in [9.17, 15) is 27.2 Å². The number of imide groups is 1. The number of fused-ring (bicyclic) bond motifs is 1. The van der Waals surface area contributed by atoms with Crippen molar-refractivity contribution in [3.63, 3.8) is 0 Å². The quantitative estimate of drug-likeness (QED) is 0.316. The molecule has 0 bridgehead atoms. The van der Waals surface area contributed by atoms with Crippen LogP contribution in [0.15, 0.2) is 67.0 Å². The summed E-state index contributed by atoms with van der Waals surface area (Å²) in [6.07, 6.45) is -1.97. The third kappa shape index (κ3) is 3.70. The van der Waals surface area contributed by atoms with Gasteiger partial charge in [0.1, 0.15) is 23.7 Å². The molecule has 1 saturated heterocycles. The number of carbonyl (C=O) groups is 2. The molecule has 0 radical (unpaired) electrons. The van der Waals surface area contributed by atoms with Crippen LogP contribution in [0.2, 0.25) is 0 Å². The summed E-state index contributed by atoms with van der Waals surface area (Å²) in [5, 5.41) is 0.174. The maximum absolute atomic E-state index is 14.0. The van der Waals surface area contributed by atoms with E-state index in [4.69, 9.17) is 4.74 Å². The van der Waals surface area contributed by atoms with Gasteiger partial charge in [0, 0.05) is 24.1 Å². The van der Waals surface area contributed by atoms with Gasteiger partial charge in [0.15, 0.2) is 5.82 Å². The predicted octanol–water partition coefficient (Wildman–Crippen LogP) is 5.49. The lowest BCUT2D eigenvalue weighted by atomic mass is 10.2. The summed E-state index contributed by atoms with van der Waals surface area (Å²) >= 11 is 0. The fraction of sp³-hybridized carbons (Fsp3) is 0.0870. The first-order chi connectivity index (χ1) is 16.2. The number of hydrogen-bond donors (Lipinski definition) is 1. The largest absolute Gasteiger partial charge is 0.456 e. The van der Waals surface area contributed by atoms with Crippen LogP contribution in [-0.4, -0.2) is 28.5 Å². The van der Waals surface area contributed by atoms with Crippen LogP contribution in [0.5, 0.6) is 11.5 Å². The Morgan fingerprint density at radius 2 is 1.76 bits per heavy atom. The maximum Gasteiger partial charge on any atom is 0.416 e. The average Bonchev–Trinajstić information content (AvgIpc) is 3.34. The molecule has 3 heterocycles. The van der Waals surface area contributed by atoms with Crippen molar-refractivity contribution < 1.29 is 31.9 Å². The van der Waals surface area contributed by atoms with Gasteiger partial charge < -0.3 is 9.72 Å². The molecule has 34 heavy (non-hydrogen) atoms. The molecule has 1 aliphatic heterocycles. The van der Waals surface area contributed by atoms with Gasteiger partial charge in [-0.3, -0.25) is 9.69 Å². The fourth-order valence-electron chi connectivity index (χ4n) is 3.67. The molecule has 0 spiro atoms. The third-order valence-electron chi connectivity index (χ3n) is 5.26. The van der Waals surface area contributed by atoms with Crippen molar-refractivity contribution >= 4 is 34.3 Å². The summed E-state index contributed by atoms with van der Waals surface area (Å²) in [6, 6.07) is 10.8. The Balaban J connectivity index is 1.38. The number of aromatic amines is 1. The number of ether oxygens (including phenoxy) is 1. The zero-order valence-electron chi connectivity index (χ0n) is 17.1. The molecule has 0 saturated carbocycles. The van der Waals surface area contributed by atoms with E-state index in [-0.39, 0.29) is 22.5 Å². The zero-order valence-corrected chi connectivity index (χ0v) is 17.1. The third-order valence-corrected chi connectivity index (χ3v) is 5.26. The highest BCUT2D eigenvalue weighted by Crippen LogP contribution is 2.35. The number of nitrogens with one attached hydrogen (secondary N) is 1. The average molecular weight is 470 g/mol. The summed E-state index contributed by atoms with van der Waals surface area (Å²) in [7, 11) is 0. The Labute approximate surface area is 189 Å². The van der Waals surface area contributed by atoms with Gasteiger partial charge in [0.25, 0.3) is 5.91 Å². The Hall–Kier alpha value is -4.41. The van der Waals surface area contributed by atoms with Crippen molar-refractivity contribution in [2.24, 2.45) is 0 Å². The number of pyridine rings is 1. The number of benzene rings is 2. The van der Waals surface area contributed by atoms with Gasteiger partial charge in [-0.05, 0) is 42.5 Å². The van der Waals surface area contributed by atoms with Crippen molar-refractivity contribution in [1.29, 1.82) is 0 Å². The standard InChI is InChI=1S/C23H14F4N4O3/c24-17-11-29-21-20(17)18(8-9-28-21)34-16-6-4-14(5-7-16)31-19(32)12-30(22(31)33)15-3-1-2-13(10-15)23(25,26)27/h1-11H,12H2,(H,28,29). The van der Waals surface area contributed by atoms with Gasteiger partial charge in [0.05, 0.1) is 16.6 Å². The monoisotopic (exact) mass is 470 g/mol. The van der Waals surface area contributed by atoms with Crippen LogP contribution in [0.1, 0.15) is 5.56 Å². The predicted molar refractivity (Wildman–Crippen MR) is 114 cm³/mol. The molecule has 1 aliphatic rings. The number of anilines is 2. The van der Waals surface area contributed by atoms with Gasteiger partial charge in [0.2, 0.25) is 0 Å². The molecule has 0 atom stereocenters. The van der Waals surface area contributed by atoms with Crippen LogP contribution in [0.25, 0.3) is 11.0 Å². The fourth-order valence-corrected chi connectivity index (χ4v) is 3.67. The van der Waals surface area contributed by atoms with E-state index in [2.05, 4.69) is 9.97 Å². The molecule has 1 N–H and O–H groups in total. The topological polar surface area (TPSA) is 78.5 Å². The number of hydrogen-bond acceptors (Lipinski definition) is 4. The second-order valence-corrected chi connectivity index (χ2v) is 7.41. The normalized spacial score (nSPS) is 14.4. The molecule has 172 valence electrons. The first kappa shape index (κ1) is 21.4. The maximum atomic E-state index is 14.0. The second-order valence-electron chi connectivity index (χ2n) is 7.41. The number of halogens is 4. The highest BCUT2D eigenvalue weighted by Gasteiger charge is 2.39. The molecule has 2 aromatic heterocycles. The number of alkyl halides is 3. The van der Waals surface area contributed by atoms with E-state index in [1.165, 1.54) is 48.7 Å². The van der Waals surface area contributed by atoms with E-state index >= 15 is 0 Å². The molecular weight excluding hydrogens is 456 g/mol. The number of aromatic nitrogens is 2. The first-order valence-electron chi connectivity index (χ1n) is 9.93. The van der Waals surface area contributed by atoms with Crippen molar-refractivity contribution in [3.05, 3.63) is 78.4 Å². The number of rotatable bonds is 4. The Bertz CT molecular complexity index is 1420. The number of nitrogens with zero attached hydrogens (tertiary/aromatic N) is 3. The minimum absolute atomic E-state index is 0.0362. The molecule has 7 nitrogen and oxygen atoms in total. The Kier molecular flexibility index (Phi) is 4.96. The van der Waals surface area contributed by atoms with Crippen molar-refractivity contribution in [2.75, 3.05) is 16.3 Å². The van der Waals surface area contributed by atoms with E-state index in [1.54, 1.807) is 0 Å². The van der Waals surface area contributed by atoms with Gasteiger partial charge in [-0.2, -0.15) is 13.2 Å². The molecular formula is C23H14F4N4O3. The molecule has 0 unspecified atom stereocenters. The summed E-state index contributed by atoms with van der Waals surface area (Å²) < 4.78 is 58.9. The summed E-state index contributed by atoms with van der Waals surface area (Å²) in [4.78, 5) is 34.0. The van der Waals surface area contributed by atoms with Gasteiger partial charge in [-0.1, -0.05) is 6.07 Å². The molecule has 0 aliphatic carbocycles. The van der Waals surface area contributed by atoms with Crippen LogP contribution in [-0.2, 0) is 11.0 Å². The lowest BCUT2D eigenvalue weighted by Gasteiger charge is -2.18. The highest BCUT2D eigenvalue weighted by atomic mass is 19.4. The number of H-pyrrole nitrogens is 1. The Morgan fingerprint density at radius 3 is 2.50 bits per heavy atom. The molecule has 5 rings (SSSR count). The van der Waals surface area contributed by atoms with E-state index in [1.807, 2.05) is 0 Å². The van der Waals surface area contributed by atoms with Gasteiger partial charge in [-0.25, -0.2) is 19.1 Å². The minimum atomic E-state index is -4.58. The highest BCUT2D eigenvalue weighted by molar-refractivity contribution is 6.26. The number of urea groups is 1. The molecule has 11 heteroatoms. The number of amides is 3. The van der Waals surface area contributed by atoms with Crippen LogP contribution in [0.3, 0.4) is 0 Å². The van der Waals surface area contributed by atoms with Gasteiger partial charge >= 0.3 is 12.2 Å². The van der Waals surface area contributed by atoms with Crippen LogP contribution in [0.4, 0.5) is 33.7 Å². The lowest BCUT2D eigenvalue weighted by Crippen LogP contribution is -2.33. The van der Waals surface area contributed by atoms with E-state index < -0.39 is 36.0 Å². The molecule has 1 fully saturated rings. The zero-order chi connectivity index (χ0) is 24.0. The van der Waals surface area contributed by atoms with E-state index in [0.29, 0.717) is 11.4 Å². The smallest absolute Gasteiger partial charge is 0.416 e. The minimum Gasteiger partial charge on any atom is -0.456 e. The van der Waals surface area contributed by atoms with Crippen LogP contribution < -0.4 is 14.5 Å². The first-order valence-corrected chi connectivity index (χ1v) is 9.93. The van der Waals surface area contributed by atoms with Crippen LogP contribution >= 0.6 is 0 Å².